The molecule has 0 saturated heterocycles. The average molecular weight is 304 g/mol. The molecule has 0 aliphatic heterocycles. The molecule has 0 aromatic carbocycles. The minimum absolute atomic E-state index is 0.163. The van der Waals surface area contributed by atoms with Crippen LogP contribution in [0.3, 0.4) is 0 Å². The summed E-state index contributed by atoms with van der Waals surface area (Å²) in [7, 11) is 1.33. The van der Waals surface area contributed by atoms with E-state index < -0.39 is 5.97 Å². The maximum Gasteiger partial charge on any atom is 0.351 e. The Balaban J connectivity index is 2.08. The summed E-state index contributed by atoms with van der Waals surface area (Å²) >= 11 is 7.08. The number of aromatic nitrogens is 1. The van der Waals surface area contributed by atoms with Gasteiger partial charge in [0.2, 0.25) is 0 Å². The lowest BCUT2D eigenvalue weighted by Crippen LogP contribution is -2.29. The zero-order chi connectivity index (χ0) is 13.8. The van der Waals surface area contributed by atoms with Crippen molar-refractivity contribution < 1.29 is 14.3 Å². The Morgan fingerprint density at radius 1 is 1.47 bits per heavy atom. The van der Waals surface area contributed by atoms with Crippen molar-refractivity contribution in [2.75, 3.05) is 7.11 Å². The fourth-order valence-electron chi connectivity index (χ4n) is 2.48. The van der Waals surface area contributed by atoms with Gasteiger partial charge >= 0.3 is 5.97 Å². The number of esters is 1. The highest BCUT2D eigenvalue weighted by Gasteiger charge is 2.27. The quantitative estimate of drug-likeness (QED) is 0.791. The fraction of sp³-hybridized carbons (Fsp3) is 0.692. The second-order valence-electron chi connectivity index (χ2n) is 4.70. The number of thiazole rings is 1. The molecule has 1 heterocycles. The number of rotatable bonds is 4. The van der Waals surface area contributed by atoms with E-state index in [2.05, 4.69) is 16.6 Å². The molecule has 0 radical (unpaired) electrons. The van der Waals surface area contributed by atoms with Crippen molar-refractivity contribution in [3.8, 4) is 5.19 Å². The molecule has 1 fully saturated rings. The number of halogens is 1. The van der Waals surface area contributed by atoms with Crippen LogP contribution in [0.25, 0.3) is 0 Å². The highest BCUT2D eigenvalue weighted by Crippen LogP contribution is 2.34. The van der Waals surface area contributed by atoms with Gasteiger partial charge in [0.25, 0.3) is 5.19 Å². The first-order valence-corrected chi connectivity index (χ1v) is 7.76. The van der Waals surface area contributed by atoms with E-state index in [1.165, 1.54) is 26.4 Å². The van der Waals surface area contributed by atoms with Gasteiger partial charge in [0, 0.05) is 0 Å². The van der Waals surface area contributed by atoms with Crippen LogP contribution in [0.5, 0.6) is 5.19 Å². The zero-order valence-electron chi connectivity index (χ0n) is 11.1. The summed E-state index contributed by atoms with van der Waals surface area (Å²) in [6, 6.07) is 0. The summed E-state index contributed by atoms with van der Waals surface area (Å²) in [5.41, 5.74) is 0. The number of methoxy groups -OCH3 is 1. The minimum Gasteiger partial charge on any atom is -0.466 e. The van der Waals surface area contributed by atoms with Gasteiger partial charge in [-0.2, -0.15) is 4.98 Å². The lowest BCUT2D eigenvalue weighted by Gasteiger charge is -2.30. The summed E-state index contributed by atoms with van der Waals surface area (Å²) in [6.07, 6.45) is 5.99. The average Bonchev–Trinajstić information content (AvgIpc) is 2.79. The van der Waals surface area contributed by atoms with E-state index in [0.717, 1.165) is 24.2 Å². The van der Waals surface area contributed by atoms with Crippen LogP contribution >= 0.6 is 22.9 Å². The summed E-state index contributed by atoms with van der Waals surface area (Å²) in [4.78, 5) is 15.9. The van der Waals surface area contributed by atoms with E-state index in [0.29, 0.717) is 16.0 Å². The van der Waals surface area contributed by atoms with Gasteiger partial charge in [0.05, 0.1) is 7.11 Å². The predicted molar refractivity (Wildman–Crippen MR) is 75.1 cm³/mol. The molecule has 19 heavy (non-hydrogen) atoms. The molecule has 6 heteroatoms. The second-order valence-corrected chi connectivity index (χ2v) is 6.02. The monoisotopic (exact) mass is 303 g/mol. The van der Waals surface area contributed by atoms with Gasteiger partial charge in [-0.05, 0) is 31.6 Å². The molecule has 0 spiro atoms. The van der Waals surface area contributed by atoms with Gasteiger partial charge in [-0.3, -0.25) is 0 Å². The van der Waals surface area contributed by atoms with Crippen LogP contribution in [0.15, 0.2) is 0 Å². The van der Waals surface area contributed by atoms with E-state index in [-0.39, 0.29) is 11.3 Å². The molecule has 2 atom stereocenters. The van der Waals surface area contributed by atoms with Gasteiger partial charge in [0.15, 0.2) is 10.0 Å². The highest BCUT2D eigenvalue weighted by atomic mass is 35.5. The van der Waals surface area contributed by atoms with E-state index >= 15 is 0 Å². The number of carbonyl (C=O) groups is 1. The maximum atomic E-state index is 11.5. The topological polar surface area (TPSA) is 48.4 Å². The van der Waals surface area contributed by atoms with Crippen LogP contribution in [0.1, 0.15) is 48.7 Å². The zero-order valence-corrected chi connectivity index (χ0v) is 12.7. The Morgan fingerprint density at radius 2 is 2.21 bits per heavy atom. The van der Waals surface area contributed by atoms with Crippen molar-refractivity contribution in [3.05, 3.63) is 10.0 Å². The van der Waals surface area contributed by atoms with Crippen LogP contribution in [0.4, 0.5) is 0 Å². The molecule has 1 aliphatic rings. The highest BCUT2D eigenvalue weighted by molar-refractivity contribution is 7.15. The number of nitrogens with zero attached hydrogens (tertiary/aromatic N) is 1. The van der Waals surface area contributed by atoms with E-state index in [1.807, 2.05) is 0 Å². The lowest BCUT2D eigenvalue weighted by atomic mass is 9.85. The maximum absolute atomic E-state index is 11.5. The summed E-state index contributed by atoms with van der Waals surface area (Å²) < 4.78 is 10.6. The van der Waals surface area contributed by atoms with Crippen molar-refractivity contribution in [3.63, 3.8) is 0 Å². The predicted octanol–water partition coefficient (Wildman–Crippen LogP) is 3.93. The molecule has 1 aromatic rings. The fourth-order valence-corrected chi connectivity index (χ4v) is 3.58. The molecule has 0 N–H and O–H groups in total. The lowest BCUT2D eigenvalue weighted by molar-refractivity contribution is 0.0606. The van der Waals surface area contributed by atoms with Gasteiger partial charge in [0.1, 0.15) is 6.10 Å². The Kier molecular flexibility index (Phi) is 5.05. The van der Waals surface area contributed by atoms with Crippen molar-refractivity contribution in [1.29, 1.82) is 0 Å². The summed E-state index contributed by atoms with van der Waals surface area (Å²) in [6.45, 7) is 2.18. The normalized spacial score (nSPS) is 23.1. The molecule has 0 bridgehead atoms. The first kappa shape index (κ1) is 14.6. The Bertz CT molecular complexity index is 449. The van der Waals surface area contributed by atoms with Crippen LogP contribution < -0.4 is 4.74 Å². The number of hydrogen-bond acceptors (Lipinski definition) is 5. The van der Waals surface area contributed by atoms with Crippen molar-refractivity contribution in [2.24, 2.45) is 5.92 Å². The Labute approximate surface area is 122 Å². The number of ether oxygens (including phenoxy) is 2. The van der Waals surface area contributed by atoms with Gasteiger partial charge in [-0.1, -0.05) is 36.3 Å². The molecular formula is C13H18ClNO3S. The minimum atomic E-state index is -0.465. The molecule has 2 rings (SSSR count). The first-order valence-electron chi connectivity index (χ1n) is 6.57. The van der Waals surface area contributed by atoms with E-state index in [9.17, 15) is 4.79 Å². The van der Waals surface area contributed by atoms with Crippen LogP contribution in [0.2, 0.25) is 5.15 Å². The molecule has 106 valence electrons. The summed E-state index contributed by atoms with van der Waals surface area (Å²) in [5, 5.41) is 0.631. The number of carbonyl (C=O) groups excluding carboxylic acids is 1. The summed E-state index contributed by atoms with van der Waals surface area (Å²) in [5.74, 6) is 0.103. The SMILES string of the molecule is CCC1CCCCC1Oc1nc(Cl)c(C(=O)OC)s1. The second kappa shape index (κ2) is 6.57. The molecule has 1 saturated carbocycles. The van der Waals surface area contributed by atoms with Crippen LogP contribution in [-0.2, 0) is 4.74 Å². The van der Waals surface area contributed by atoms with Crippen molar-refractivity contribution >= 4 is 28.9 Å². The third-order valence-electron chi connectivity index (χ3n) is 3.55. The van der Waals surface area contributed by atoms with Crippen molar-refractivity contribution in [1.82, 2.24) is 4.98 Å². The Morgan fingerprint density at radius 3 is 2.89 bits per heavy atom. The van der Waals surface area contributed by atoms with Crippen LogP contribution in [-0.4, -0.2) is 24.2 Å². The van der Waals surface area contributed by atoms with Crippen molar-refractivity contribution in [2.45, 2.75) is 45.1 Å². The van der Waals surface area contributed by atoms with E-state index in [1.54, 1.807) is 0 Å². The third kappa shape index (κ3) is 3.39. The van der Waals surface area contributed by atoms with Crippen LogP contribution in [0, 0.1) is 5.92 Å². The molecule has 2 unspecified atom stereocenters. The molecule has 0 amide bonds. The van der Waals surface area contributed by atoms with Gasteiger partial charge in [-0.25, -0.2) is 4.79 Å². The molecular weight excluding hydrogens is 286 g/mol. The Hall–Kier alpha value is -0.810. The molecule has 4 nitrogen and oxygen atoms in total. The van der Waals surface area contributed by atoms with Gasteiger partial charge < -0.3 is 9.47 Å². The largest absolute Gasteiger partial charge is 0.466 e. The number of hydrogen-bond donors (Lipinski definition) is 0. The van der Waals surface area contributed by atoms with E-state index in [4.69, 9.17) is 16.3 Å². The molecule has 1 aliphatic carbocycles. The molecule has 1 aromatic heterocycles. The smallest absolute Gasteiger partial charge is 0.351 e. The third-order valence-corrected chi connectivity index (χ3v) is 4.86. The first-order chi connectivity index (χ1) is 9.15. The standard InChI is InChI=1S/C13H18ClNO3S/c1-3-8-6-4-5-7-9(8)18-13-15-11(14)10(19-13)12(16)17-2/h8-9H,3-7H2,1-2H3. The van der Waals surface area contributed by atoms with Gasteiger partial charge in [-0.15, -0.1) is 0 Å².